The fourth-order valence-corrected chi connectivity index (χ4v) is 2.98. The van der Waals surface area contributed by atoms with Gasteiger partial charge < -0.3 is 19.5 Å². The topological polar surface area (TPSA) is 76.5 Å². The minimum atomic E-state index is -0.410. The lowest BCUT2D eigenvalue weighted by molar-refractivity contribution is -0.141. The third-order valence-corrected chi connectivity index (χ3v) is 4.50. The molecular formula is C15H22N4O3. The number of nitrogens with one attached hydrogen (secondary N) is 1. The van der Waals surface area contributed by atoms with Crippen LogP contribution >= 0.6 is 0 Å². The first-order valence-electron chi connectivity index (χ1n) is 7.77. The second-order valence-electron chi connectivity index (χ2n) is 5.94. The van der Waals surface area contributed by atoms with E-state index >= 15 is 0 Å². The Bertz CT molecular complexity index is 553. The summed E-state index contributed by atoms with van der Waals surface area (Å²) in [6, 6.07) is -0.410. The lowest BCUT2D eigenvalue weighted by atomic mass is 9.84. The Kier molecular flexibility index (Phi) is 4.42. The summed E-state index contributed by atoms with van der Waals surface area (Å²) in [5, 5.41) is 2.85. The number of methoxy groups -OCH3 is 1. The van der Waals surface area contributed by atoms with Gasteiger partial charge in [-0.3, -0.25) is 9.59 Å². The SMILES string of the molecule is COCCNC(=O)[C@@H]1CN(C(=O)C2CCC2)Cc2cncn21. The maximum atomic E-state index is 12.5. The number of hydrogen-bond acceptors (Lipinski definition) is 4. The fourth-order valence-electron chi connectivity index (χ4n) is 2.98. The minimum absolute atomic E-state index is 0.0950. The van der Waals surface area contributed by atoms with Gasteiger partial charge in [0.25, 0.3) is 0 Å². The summed E-state index contributed by atoms with van der Waals surface area (Å²) in [6.45, 7) is 1.89. The molecule has 1 aromatic heterocycles. The number of aromatic nitrogens is 2. The van der Waals surface area contributed by atoms with Gasteiger partial charge in [0.05, 0.1) is 31.7 Å². The van der Waals surface area contributed by atoms with Crippen LogP contribution in [0.3, 0.4) is 0 Å². The van der Waals surface area contributed by atoms with E-state index in [1.54, 1.807) is 24.5 Å². The zero-order valence-electron chi connectivity index (χ0n) is 12.8. The molecule has 1 atom stereocenters. The molecule has 0 aromatic carbocycles. The summed E-state index contributed by atoms with van der Waals surface area (Å²) < 4.78 is 6.82. The van der Waals surface area contributed by atoms with Gasteiger partial charge in [-0.05, 0) is 12.8 Å². The monoisotopic (exact) mass is 306 g/mol. The van der Waals surface area contributed by atoms with Crippen LogP contribution in [0.2, 0.25) is 0 Å². The van der Waals surface area contributed by atoms with Crippen LogP contribution in [0.4, 0.5) is 0 Å². The van der Waals surface area contributed by atoms with E-state index in [1.807, 2.05) is 4.57 Å². The van der Waals surface area contributed by atoms with Gasteiger partial charge in [0.15, 0.2) is 0 Å². The number of fused-ring (bicyclic) bond motifs is 1. The Morgan fingerprint density at radius 2 is 2.27 bits per heavy atom. The second-order valence-corrected chi connectivity index (χ2v) is 5.94. The molecule has 2 aliphatic rings. The van der Waals surface area contributed by atoms with E-state index in [2.05, 4.69) is 10.3 Å². The van der Waals surface area contributed by atoms with Gasteiger partial charge in [-0.25, -0.2) is 4.98 Å². The highest BCUT2D eigenvalue weighted by Gasteiger charge is 2.36. The summed E-state index contributed by atoms with van der Waals surface area (Å²) in [7, 11) is 1.60. The van der Waals surface area contributed by atoms with Crippen LogP contribution in [0.5, 0.6) is 0 Å². The zero-order valence-corrected chi connectivity index (χ0v) is 12.8. The standard InChI is InChI=1S/C15H22N4O3/c1-22-6-5-17-14(20)13-9-18(15(21)11-3-2-4-11)8-12-7-16-10-19(12)13/h7,10-11,13H,2-6,8-9H2,1H3,(H,17,20)/t13-/m0/s1. The summed E-state index contributed by atoms with van der Waals surface area (Å²) in [5.41, 5.74) is 0.908. The largest absolute Gasteiger partial charge is 0.383 e. The van der Waals surface area contributed by atoms with Gasteiger partial charge >= 0.3 is 0 Å². The lowest BCUT2D eigenvalue weighted by Crippen LogP contribution is -2.49. The van der Waals surface area contributed by atoms with Crippen LogP contribution in [-0.2, 0) is 20.9 Å². The Labute approximate surface area is 129 Å². The molecule has 1 aromatic rings. The van der Waals surface area contributed by atoms with E-state index in [4.69, 9.17) is 4.74 Å². The molecule has 0 bridgehead atoms. The van der Waals surface area contributed by atoms with Gasteiger partial charge in [0.2, 0.25) is 11.8 Å². The quantitative estimate of drug-likeness (QED) is 0.795. The number of rotatable bonds is 5. The first kappa shape index (κ1) is 15.0. The van der Waals surface area contributed by atoms with Crippen molar-refractivity contribution in [3.05, 3.63) is 18.2 Å². The number of carbonyl (C=O) groups excluding carboxylic acids is 2. The van der Waals surface area contributed by atoms with Crippen molar-refractivity contribution >= 4 is 11.8 Å². The molecule has 2 heterocycles. The maximum absolute atomic E-state index is 12.5. The third kappa shape index (κ3) is 2.85. The van der Waals surface area contributed by atoms with Crippen molar-refractivity contribution in [1.29, 1.82) is 0 Å². The van der Waals surface area contributed by atoms with Crippen molar-refractivity contribution in [3.63, 3.8) is 0 Å². The Morgan fingerprint density at radius 3 is 2.95 bits per heavy atom. The average molecular weight is 306 g/mol. The Balaban J connectivity index is 1.71. The average Bonchev–Trinajstić information content (AvgIpc) is 2.92. The van der Waals surface area contributed by atoms with Crippen molar-refractivity contribution < 1.29 is 14.3 Å². The van der Waals surface area contributed by atoms with Crippen LogP contribution in [0.25, 0.3) is 0 Å². The molecule has 7 heteroatoms. The fraction of sp³-hybridized carbons (Fsp3) is 0.667. The van der Waals surface area contributed by atoms with E-state index < -0.39 is 6.04 Å². The molecule has 1 fully saturated rings. The molecule has 7 nitrogen and oxygen atoms in total. The molecule has 22 heavy (non-hydrogen) atoms. The third-order valence-electron chi connectivity index (χ3n) is 4.50. The first-order valence-corrected chi connectivity index (χ1v) is 7.77. The van der Waals surface area contributed by atoms with Gasteiger partial charge in [0.1, 0.15) is 6.04 Å². The number of imidazole rings is 1. The lowest BCUT2D eigenvalue weighted by Gasteiger charge is -2.37. The van der Waals surface area contributed by atoms with E-state index in [-0.39, 0.29) is 17.7 Å². The summed E-state index contributed by atoms with van der Waals surface area (Å²) in [5.74, 6) is 0.225. The summed E-state index contributed by atoms with van der Waals surface area (Å²) in [4.78, 5) is 30.8. The number of ether oxygens (including phenoxy) is 1. The zero-order chi connectivity index (χ0) is 15.5. The summed E-state index contributed by atoms with van der Waals surface area (Å²) in [6.07, 6.45) is 6.47. The second kappa shape index (κ2) is 6.48. The van der Waals surface area contributed by atoms with E-state index in [9.17, 15) is 9.59 Å². The van der Waals surface area contributed by atoms with Gasteiger partial charge in [-0.15, -0.1) is 0 Å². The minimum Gasteiger partial charge on any atom is -0.383 e. The molecule has 120 valence electrons. The number of hydrogen-bond donors (Lipinski definition) is 1. The molecule has 1 N–H and O–H groups in total. The van der Waals surface area contributed by atoms with Crippen molar-refractivity contribution in [2.24, 2.45) is 5.92 Å². The van der Waals surface area contributed by atoms with Gasteiger partial charge in [0, 0.05) is 25.8 Å². The Morgan fingerprint density at radius 1 is 1.45 bits per heavy atom. The van der Waals surface area contributed by atoms with Crippen LogP contribution in [-0.4, -0.2) is 53.1 Å². The normalized spacial score (nSPS) is 21.1. The molecule has 1 saturated carbocycles. The van der Waals surface area contributed by atoms with Gasteiger partial charge in [-0.2, -0.15) is 0 Å². The van der Waals surface area contributed by atoms with Gasteiger partial charge in [-0.1, -0.05) is 6.42 Å². The molecule has 0 unspecified atom stereocenters. The molecule has 0 spiro atoms. The van der Waals surface area contributed by atoms with Crippen molar-refractivity contribution in [2.45, 2.75) is 31.8 Å². The first-order chi connectivity index (χ1) is 10.7. The van der Waals surface area contributed by atoms with Crippen molar-refractivity contribution in [2.75, 3.05) is 26.8 Å². The van der Waals surface area contributed by atoms with Crippen LogP contribution in [0.15, 0.2) is 12.5 Å². The van der Waals surface area contributed by atoms with Crippen molar-refractivity contribution in [1.82, 2.24) is 19.8 Å². The molecule has 1 aliphatic heterocycles. The maximum Gasteiger partial charge on any atom is 0.245 e. The molecular weight excluding hydrogens is 284 g/mol. The van der Waals surface area contributed by atoms with E-state index in [1.165, 1.54) is 0 Å². The van der Waals surface area contributed by atoms with E-state index in [0.717, 1.165) is 25.0 Å². The predicted molar refractivity (Wildman–Crippen MR) is 78.9 cm³/mol. The highest BCUT2D eigenvalue weighted by atomic mass is 16.5. The van der Waals surface area contributed by atoms with Crippen molar-refractivity contribution in [3.8, 4) is 0 Å². The molecule has 2 amide bonds. The van der Waals surface area contributed by atoms with Crippen LogP contribution in [0.1, 0.15) is 31.0 Å². The molecule has 3 rings (SSSR count). The summed E-state index contributed by atoms with van der Waals surface area (Å²) >= 11 is 0. The van der Waals surface area contributed by atoms with Crippen LogP contribution in [0, 0.1) is 5.92 Å². The smallest absolute Gasteiger partial charge is 0.245 e. The number of nitrogens with zero attached hydrogens (tertiary/aromatic N) is 3. The number of amides is 2. The van der Waals surface area contributed by atoms with E-state index in [0.29, 0.717) is 26.2 Å². The van der Waals surface area contributed by atoms with Crippen LogP contribution < -0.4 is 5.32 Å². The molecule has 0 saturated heterocycles. The highest BCUT2D eigenvalue weighted by molar-refractivity contribution is 5.84. The predicted octanol–water partition coefficient (Wildman–Crippen LogP) is 0.329. The molecule has 1 aliphatic carbocycles. The Hall–Kier alpha value is -1.89. The highest BCUT2D eigenvalue weighted by Crippen LogP contribution is 2.31. The number of carbonyl (C=O) groups is 2. The molecule has 0 radical (unpaired) electrons.